The Hall–Kier alpha value is -11.1. The van der Waals surface area contributed by atoms with E-state index in [1.54, 1.807) is 0 Å². The summed E-state index contributed by atoms with van der Waals surface area (Å²) in [6.45, 7) is 24.2. The lowest BCUT2D eigenvalue weighted by Gasteiger charge is -2.46. The van der Waals surface area contributed by atoms with Crippen LogP contribution in [0.15, 0.2) is 160 Å². The van der Waals surface area contributed by atoms with E-state index < -0.39 is 137 Å². The number of aromatic nitrogens is 4. The van der Waals surface area contributed by atoms with Crippen molar-refractivity contribution >= 4 is 66.7 Å². The van der Waals surface area contributed by atoms with Crippen LogP contribution in [-0.4, -0.2) is 114 Å². The number of likely N-dealkylation sites (tertiary alicyclic amines) is 2. The number of nitrogens with zero attached hydrogens (tertiary/aromatic N) is 8. The van der Waals surface area contributed by atoms with E-state index in [9.17, 15) is 110 Å². The van der Waals surface area contributed by atoms with Crippen molar-refractivity contribution in [3.63, 3.8) is 0 Å². The number of alkyl halides is 12. The van der Waals surface area contributed by atoms with Crippen LogP contribution in [0.2, 0.25) is 0 Å². The van der Waals surface area contributed by atoms with Crippen LogP contribution in [0.5, 0.6) is 0 Å². The minimum atomic E-state index is -4.70. The summed E-state index contributed by atoms with van der Waals surface area (Å²) in [4.78, 5) is 150. The molecule has 3 aliphatic rings. The number of benzene rings is 6. The third-order valence-electron chi connectivity index (χ3n) is 17.5. The normalized spacial score (nSPS) is 14.5. The average Bonchev–Trinajstić information content (AvgIpc) is 1.61. The molecule has 32 heteroatoms. The smallest absolute Gasteiger partial charge is 0.338 e. The number of halogens is 12. The Morgan fingerprint density at radius 1 is 0.270 bits per heavy atom. The van der Waals surface area contributed by atoms with Gasteiger partial charge in [-0.15, -0.1) is 0 Å². The van der Waals surface area contributed by atoms with Gasteiger partial charge in [-0.05, 0) is 91.1 Å². The Balaban J connectivity index is 0.000000306. The van der Waals surface area contributed by atoms with Gasteiger partial charge in [-0.3, -0.25) is 75.8 Å². The quantitative estimate of drug-likeness (QED) is 0.150. The number of hydrogen-bond acceptors (Lipinski definition) is 12. The van der Waals surface area contributed by atoms with Gasteiger partial charge < -0.3 is 19.6 Å². The van der Waals surface area contributed by atoms with E-state index in [2.05, 4.69) is 0 Å². The molecule has 20 nitrogen and oxygen atoms in total. The van der Waals surface area contributed by atoms with Crippen molar-refractivity contribution in [1.82, 2.24) is 37.9 Å². The fourth-order valence-electron chi connectivity index (χ4n) is 12.5. The largest absolute Gasteiger partial charge is 0.417 e. The first-order valence-electron chi connectivity index (χ1n) is 35.8. The number of rotatable bonds is 4. The third kappa shape index (κ3) is 20.1. The monoisotopic (exact) mass is 1570 g/mol. The Labute approximate surface area is 629 Å². The van der Waals surface area contributed by atoms with E-state index >= 15 is 0 Å². The SMILES string of the molecule is CC.CC.CC.CC.CC.CC.Cn1c(=O)c2cc3c(=O)n(C)c(=O)c3cc2c1=O.Cn1c(=O)c2cc3c(=O)n(C)c(=O)c3cc2c1=O.O=C(c1ccccc1C(F)(F)F)N1CC2CC(C1)CN(C(=O)c1ccccc1C(F)(F)F)C2.O=C(c1ccccc1C(F)(F)F)N1CCN(C(=O)c2ccccc2C(F)(F)F)CC1. The molecule has 10 aromatic rings. The van der Waals surface area contributed by atoms with Crippen LogP contribution >= 0.6 is 0 Å². The molecule has 13 rings (SSSR count). The molecular weight excluding hydrogens is 1480 g/mol. The van der Waals surface area contributed by atoms with Crippen LogP contribution < -0.4 is 44.5 Å². The summed E-state index contributed by atoms with van der Waals surface area (Å²) in [5, 5.41) is 1.43. The van der Waals surface area contributed by atoms with E-state index in [0.717, 1.165) is 76.6 Å². The van der Waals surface area contributed by atoms with Crippen molar-refractivity contribution in [2.24, 2.45) is 40.0 Å². The molecule has 0 radical (unpaired) electrons. The summed E-state index contributed by atoms with van der Waals surface area (Å²) in [5.74, 6) is -3.63. The maximum absolute atomic E-state index is 13.3. The summed E-state index contributed by atoms with van der Waals surface area (Å²) >= 11 is 0. The van der Waals surface area contributed by atoms with Gasteiger partial charge in [-0.25, -0.2) is 0 Å². The molecule has 0 atom stereocenters. The minimum Gasteiger partial charge on any atom is -0.338 e. The van der Waals surface area contributed by atoms with Gasteiger partial charge in [-0.1, -0.05) is 132 Å². The topological polar surface area (TPSA) is 238 Å². The van der Waals surface area contributed by atoms with E-state index in [0.29, 0.717) is 6.42 Å². The number of carbonyl (C=O) groups is 4. The highest BCUT2D eigenvalue weighted by Gasteiger charge is 2.44. The summed E-state index contributed by atoms with van der Waals surface area (Å²) in [7, 11) is 5.47. The highest BCUT2D eigenvalue weighted by molar-refractivity contribution is 6.01. The van der Waals surface area contributed by atoms with Crippen LogP contribution in [-0.2, 0) is 52.9 Å². The van der Waals surface area contributed by atoms with Gasteiger partial charge in [0.05, 0.1) is 87.6 Å². The first kappa shape index (κ1) is 92.3. The predicted octanol–water partition coefficient (Wildman–Crippen LogP) is 13.4. The molecule has 0 saturated carbocycles. The molecule has 4 aromatic heterocycles. The summed E-state index contributed by atoms with van der Waals surface area (Å²) in [5.41, 5.74) is -9.63. The van der Waals surface area contributed by atoms with Crippen LogP contribution in [0.4, 0.5) is 52.7 Å². The number of piperidine rings is 2. The molecule has 0 aliphatic carbocycles. The van der Waals surface area contributed by atoms with Crippen LogP contribution in [0.1, 0.15) is 153 Å². The van der Waals surface area contributed by atoms with Crippen molar-refractivity contribution in [3.05, 3.63) is 249 Å². The van der Waals surface area contributed by atoms with Gasteiger partial charge in [-0.2, -0.15) is 52.7 Å². The molecule has 4 amide bonds. The highest BCUT2D eigenvalue weighted by Crippen LogP contribution is 2.38. The number of fused-ring (bicyclic) bond motifs is 6. The van der Waals surface area contributed by atoms with E-state index in [4.69, 9.17) is 0 Å². The van der Waals surface area contributed by atoms with Crippen molar-refractivity contribution in [1.29, 1.82) is 0 Å². The van der Waals surface area contributed by atoms with Crippen molar-refractivity contribution < 1.29 is 71.9 Å². The Morgan fingerprint density at radius 2 is 0.423 bits per heavy atom. The second kappa shape index (κ2) is 39.0. The van der Waals surface area contributed by atoms with Crippen molar-refractivity contribution in [3.8, 4) is 0 Å². The number of piperazine rings is 1. The zero-order chi connectivity index (χ0) is 84.4. The second-order valence-electron chi connectivity index (χ2n) is 23.7. The van der Waals surface area contributed by atoms with E-state index in [1.807, 2.05) is 83.1 Å². The molecule has 111 heavy (non-hydrogen) atoms. The fourth-order valence-corrected chi connectivity index (χ4v) is 12.5. The molecular formula is C79H88F12N8O12. The molecule has 2 bridgehead atoms. The summed E-state index contributed by atoms with van der Waals surface area (Å²) in [6.07, 6.45) is -18.1. The standard InChI is InChI=1S/C23H20F6N2O2.C20H16F6N2O2.2C12H8N2O4.6C2H6/c24-22(25,26)18-7-3-1-5-16(18)20(32)30-10-14-9-15(11-30)13-31(12-14)21(33)17-6-2-4-8-19(17)23(27,28)29;21-19(22,23)15-7-3-1-5-13(15)17(29)27-9-11-28(12-10-27)18(30)14-6-2-4-8-16(14)20(24,25)26;2*1-13-9(15)5-3-7-8(4-6(5)10(13)16)12(18)14(2)11(7)17;6*1-2/h1-8,14-15H,9-13H2;1-8H,9-12H2;2*3-4H,1-2H3;6*1-2H3. The average molecular weight is 1570 g/mol. The van der Waals surface area contributed by atoms with Crippen LogP contribution in [0.25, 0.3) is 43.1 Å². The Bertz CT molecular complexity index is 4720. The maximum Gasteiger partial charge on any atom is 0.417 e. The van der Waals surface area contributed by atoms with Crippen LogP contribution in [0.3, 0.4) is 0 Å². The van der Waals surface area contributed by atoms with Gasteiger partial charge >= 0.3 is 24.7 Å². The summed E-state index contributed by atoms with van der Waals surface area (Å²) in [6, 6.07) is 23.2. The molecule has 6 aromatic carbocycles. The van der Waals surface area contributed by atoms with Crippen LogP contribution in [0, 0.1) is 11.8 Å². The van der Waals surface area contributed by atoms with Gasteiger partial charge in [0.1, 0.15) is 0 Å². The Morgan fingerprint density at radius 3 is 0.586 bits per heavy atom. The molecule has 0 N–H and O–H groups in total. The number of amides is 4. The fraction of sp³-hybridized carbons (Fsp3) is 0.392. The lowest BCUT2D eigenvalue weighted by Crippen LogP contribution is -2.55. The zero-order valence-corrected chi connectivity index (χ0v) is 64.1. The predicted molar refractivity (Wildman–Crippen MR) is 403 cm³/mol. The number of carbonyl (C=O) groups excluding carboxylic acids is 4. The molecule has 3 fully saturated rings. The lowest BCUT2D eigenvalue weighted by molar-refractivity contribution is -0.138. The first-order valence-corrected chi connectivity index (χ1v) is 35.8. The van der Waals surface area contributed by atoms with Gasteiger partial charge in [0.2, 0.25) is 0 Å². The highest BCUT2D eigenvalue weighted by atomic mass is 19.4. The molecule has 3 aliphatic heterocycles. The van der Waals surface area contributed by atoms with Gasteiger partial charge in [0, 0.05) is 80.5 Å². The number of hydrogen-bond donors (Lipinski definition) is 0. The molecule has 3 saturated heterocycles. The lowest BCUT2D eigenvalue weighted by atomic mass is 9.84. The van der Waals surface area contributed by atoms with E-state index in [1.165, 1.54) is 111 Å². The van der Waals surface area contributed by atoms with E-state index in [-0.39, 0.29) is 107 Å². The first-order chi connectivity index (χ1) is 52.3. The van der Waals surface area contributed by atoms with Gasteiger partial charge in [0.25, 0.3) is 68.1 Å². The Kier molecular flexibility index (Phi) is 32.4. The second-order valence-corrected chi connectivity index (χ2v) is 23.7. The maximum atomic E-state index is 13.3. The zero-order valence-electron chi connectivity index (χ0n) is 64.1. The van der Waals surface area contributed by atoms with Crippen molar-refractivity contribution in [2.75, 3.05) is 52.4 Å². The third-order valence-corrected chi connectivity index (χ3v) is 17.5. The molecule has 0 spiro atoms. The van der Waals surface area contributed by atoms with Gasteiger partial charge in [0.15, 0.2) is 0 Å². The molecule has 7 heterocycles. The summed E-state index contributed by atoms with van der Waals surface area (Å²) < 4.78 is 163. The molecule has 600 valence electrons. The van der Waals surface area contributed by atoms with Crippen molar-refractivity contribution in [2.45, 2.75) is 114 Å². The minimum absolute atomic E-state index is 0.0923. The molecule has 0 unspecified atom stereocenters.